The number of aromatic nitrogens is 3. The van der Waals surface area contributed by atoms with Crippen molar-refractivity contribution in [1.29, 1.82) is 0 Å². The van der Waals surface area contributed by atoms with Crippen LogP contribution in [0.2, 0.25) is 0 Å². The number of benzene rings is 2. The maximum absolute atomic E-state index is 15.2. The van der Waals surface area contributed by atoms with Gasteiger partial charge in [0, 0.05) is 0 Å². The highest BCUT2D eigenvalue weighted by Gasteiger charge is 2.61. The van der Waals surface area contributed by atoms with E-state index >= 15 is 13.2 Å². The van der Waals surface area contributed by atoms with E-state index < -0.39 is 89.0 Å². The lowest BCUT2D eigenvalue weighted by Crippen LogP contribution is -2.45. The molecule has 0 bridgehead atoms. The Morgan fingerprint density at radius 2 is 1.36 bits per heavy atom. The number of nitrogens with zero attached hydrogens (tertiary/aromatic N) is 4. The number of hydrogen-bond acceptors (Lipinski definition) is 11. The van der Waals surface area contributed by atoms with E-state index in [2.05, 4.69) is 21.8 Å². The second-order valence-electron chi connectivity index (χ2n) is 15.5. The van der Waals surface area contributed by atoms with Gasteiger partial charge in [-0.1, -0.05) is 78.9 Å². The fraction of sp³-hybridized carbons (Fsp3) is 0.419. The molecular weight excluding hydrogens is 814 g/mol. The van der Waals surface area contributed by atoms with Gasteiger partial charge in [-0.15, -0.1) is 16.8 Å². The number of rotatable bonds is 17. The molecule has 0 unspecified atom stereocenters. The first-order chi connectivity index (χ1) is 28.5. The van der Waals surface area contributed by atoms with Crippen LogP contribution < -0.4 is 9.64 Å². The minimum Gasteiger partial charge on any atom is -0.477 e. The van der Waals surface area contributed by atoms with Crippen LogP contribution in [0.25, 0.3) is 11.6 Å². The Morgan fingerprint density at radius 3 is 1.89 bits per heavy atom. The average molecular weight is 863 g/mol. The maximum atomic E-state index is 15.2. The summed E-state index contributed by atoms with van der Waals surface area (Å²) in [5, 5.41) is 7.42. The number of carbonyl (C=O) groups excluding carboxylic acids is 2. The number of anilines is 1. The fourth-order valence-corrected chi connectivity index (χ4v) is 5.40. The molecule has 61 heavy (non-hydrogen) atoms. The molecule has 0 saturated carbocycles. The van der Waals surface area contributed by atoms with Crippen LogP contribution in [-0.4, -0.2) is 58.0 Å². The topological polar surface area (TPSA) is 135 Å². The molecule has 0 N–H and O–H groups in total. The lowest BCUT2D eigenvalue weighted by Gasteiger charge is -2.32. The number of alkyl halides is 6. The average Bonchev–Trinajstić information content (AvgIpc) is 3.65. The number of imide groups is 1. The molecule has 0 aliphatic rings. The number of carbonyl (C=O) groups is 2. The Balaban J connectivity index is 1.85. The fourth-order valence-electron chi connectivity index (χ4n) is 5.40. The van der Waals surface area contributed by atoms with Gasteiger partial charge in [0.25, 0.3) is 11.8 Å². The number of halogens is 6. The van der Waals surface area contributed by atoms with Crippen molar-refractivity contribution in [3.8, 4) is 17.5 Å². The van der Waals surface area contributed by atoms with Gasteiger partial charge in [-0.2, -0.15) is 31.2 Å². The van der Waals surface area contributed by atoms with Gasteiger partial charge in [0.15, 0.2) is 5.69 Å². The van der Waals surface area contributed by atoms with Gasteiger partial charge < -0.3 is 28.1 Å². The summed E-state index contributed by atoms with van der Waals surface area (Å²) >= 11 is 0. The van der Waals surface area contributed by atoms with E-state index in [1.807, 2.05) is 30.3 Å². The third-order valence-electron chi connectivity index (χ3n) is 8.14. The van der Waals surface area contributed by atoms with Crippen LogP contribution in [0, 0.1) is 0 Å². The maximum Gasteiger partial charge on any atom is 0.426 e. The molecular formula is C43H48F6N4O8. The second-order valence-corrected chi connectivity index (χ2v) is 15.5. The van der Waals surface area contributed by atoms with Crippen LogP contribution in [0.5, 0.6) is 5.88 Å². The summed E-state index contributed by atoms with van der Waals surface area (Å²) in [4.78, 5) is 31.6. The summed E-state index contributed by atoms with van der Waals surface area (Å²) in [5.74, 6) is -3.17. The molecule has 330 valence electrons. The quantitative estimate of drug-likeness (QED) is 0.0570. The standard InChI is InChI=1S/C43H48F6N4O8/c1-8-9-23-41(43(47,48)49,58-28-30-21-15-11-16-22-30)36-52-51-35(59-36)33-32(53(37(54)60-39(2,3)4)38(55)61-40(5,6)7)26-31(42(44,45)46)34(50-33)57-25-18-12-17-24-56-27-29-19-13-10-14-20-29/h8,10-17,19-22,26H,1,9,18,23-25,27-28H2,2-7H3/t41-/m1/s1. The summed E-state index contributed by atoms with van der Waals surface area (Å²) in [6.45, 7) is 11.6. The third-order valence-corrected chi connectivity index (χ3v) is 8.14. The molecule has 4 aromatic rings. The molecule has 0 aliphatic carbocycles. The molecule has 4 rings (SSSR count). The number of pyridine rings is 1. The second kappa shape index (κ2) is 20.2. The smallest absolute Gasteiger partial charge is 0.426 e. The Labute approximate surface area is 349 Å². The van der Waals surface area contributed by atoms with Crippen LogP contribution >= 0.6 is 0 Å². The summed E-state index contributed by atoms with van der Waals surface area (Å²) in [6, 6.07) is 17.6. The predicted molar refractivity (Wildman–Crippen MR) is 211 cm³/mol. The molecule has 2 aromatic heterocycles. The van der Waals surface area contributed by atoms with E-state index in [0.717, 1.165) is 5.56 Å². The highest BCUT2D eigenvalue weighted by molar-refractivity contribution is 6.11. The van der Waals surface area contributed by atoms with Crippen molar-refractivity contribution < 1.29 is 64.0 Å². The van der Waals surface area contributed by atoms with Crippen molar-refractivity contribution in [1.82, 2.24) is 15.2 Å². The molecule has 1 atom stereocenters. The lowest BCUT2D eigenvalue weighted by atomic mass is 9.96. The van der Waals surface area contributed by atoms with Crippen molar-refractivity contribution in [2.24, 2.45) is 0 Å². The number of amides is 2. The first-order valence-electron chi connectivity index (χ1n) is 19.0. The molecule has 0 spiro atoms. The van der Waals surface area contributed by atoms with Gasteiger partial charge in [0.1, 0.15) is 16.8 Å². The monoisotopic (exact) mass is 862 g/mol. The molecule has 0 radical (unpaired) electrons. The SMILES string of the molecule is C=CCC[C@@](OCc1ccccc1)(c1nnc(-c2nc(OCCC=CCOCc3ccccc3)c(C(F)(F)F)cc2N(C(=O)OC(C)(C)C)C(=O)OC(C)(C)C)o1)C(F)(F)F. The Kier molecular flexibility index (Phi) is 15.9. The van der Waals surface area contributed by atoms with E-state index in [-0.39, 0.29) is 31.0 Å². The third kappa shape index (κ3) is 13.6. The minimum absolute atomic E-state index is 0.0631. The molecule has 0 saturated heterocycles. The Morgan fingerprint density at radius 1 is 0.787 bits per heavy atom. The summed E-state index contributed by atoms with van der Waals surface area (Å²) in [5.41, 5.74) is -8.01. The molecule has 0 aliphatic heterocycles. The van der Waals surface area contributed by atoms with E-state index in [9.17, 15) is 22.8 Å². The van der Waals surface area contributed by atoms with Crippen molar-refractivity contribution in [2.75, 3.05) is 18.1 Å². The highest BCUT2D eigenvalue weighted by atomic mass is 19.4. The largest absolute Gasteiger partial charge is 0.477 e. The first-order valence-corrected chi connectivity index (χ1v) is 19.0. The van der Waals surface area contributed by atoms with Gasteiger partial charge in [-0.25, -0.2) is 14.6 Å². The van der Waals surface area contributed by atoms with Crippen molar-refractivity contribution >= 4 is 17.9 Å². The summed E-state index contributed by atoms with van der Waals surface area (Å²) in [7, 11) is 0. The Bertz CT molecular complexity index is 2070. The van der Waals surface area contributed by atoms with Crippen LogP contribution in [0.1, 0.15) is 83.4 Å². The van der Waals surface area contributed by atoms with Crippen LogP contribution in [0.4, 0.5) is 41.6 Å². The molecule has 12 nitrogen and oxygen atoms in total. The van der Waals surface area contributed by atoms with E-state index in [1.54, 1.807) is 30.4 Å². The van der Waals surface area contributed by atoms with Crippen molar-refractivity contribution in [3.05, 3.63) is 114 Å². The van der Waals surface area contributed by atoms with Gasteiger partial charge in [-0.05, 0) is 78.0 Å². The van der Waals surface area contributed by atoms with Crippen LogP contribution in [0.15, 0.2) is 96.0 Å². The molecule has 2 amide bonds. The van der Waals surface area contributed by atoms with Gasteiger partial charge in [-0.3, -0.25) is 0 Å². The van der Waals surface area contributed by atoms with E-state index in [0.29, 0.717) is 18.2 Å². The molecule has 0 fully saturated rings. The Hall–Kier alpha value is -5.75. The summed E-state index contributed by atoms with van der Waals surface area (Å²) < 4.78 is 123. The zero-order chi connectivity index (χ0) is 45.1. The number of hydrogen-bond donors (Lipinski definition) is 0. The molecule has 18 heteroatoms. The number of ether oxygens (including phenoxy) is 5. The van der Waals surface area contributed by atoms with Crippen LogP contribution in [-0.2, 0) is 43.9 Å². The first kappa shape index (κ1) is 47.9. The molecule has 2 heterocycles. The van der Waals surface area contributed by atoms with Crippen molar-refractivity contribution in [2.45, 2.75) is 103 Å². The normalized spacial score (nSPS) is 13.4. The zero-order valence-electron chi connectivity index (χ0n) is 34.6. The van der Waals surface area contributed by atoms with Gasteiger partial charge in [0.2, 0.25) is 11.5 Å². The lowest BCUT2D eigenvalue weighted by molar-refractivity contribution is -0.299. The predicted octanol–water partition coefficient (Wildman–Crippen LogP) is 11.3. The van der Waals surface area contributed by atoms with E-state index in [1.165, 1.54) is 59.8 Å². The number of allylic oxidation sites excluding steroid dienone is 1. The highest BCUT2D eigenvalue weighted by Crippen LogP contribution is 2.48. The van der Waals surface area contributed by atoms with Gasteiger partial charge in [0.05, 0.1) is 32.1 Å². The van der Waals surface area contributed by atoms with Crippen molar-refractivity contribution in [3.63, 3.8) is 0 Å². The molecule has 2 aromatic carbocycles. The summed E-state index contributed by atoms with van der Waals surface area (Å²) in [6.07, 6.45) is -10.0. The van der Waals surface area contributed by atoms with Crippen LogP contribution in [0.3, 0.4) is 0 Å². The zero-order valence-corrected chi connectivity index (χ0v) is 34.6. The van der Waals surface area contributed by atoms with E-state index in [4.69, 9.17) is 28.1 Å². The minimum atomic E-state index is -5.23. The van der Waals surface area contributed by atoms with Gasteiger partial charge >= 0.3 is 24.5 Å².